The van der Waals surface area contributed by atoms with Crippen LogP contribution in [0.3, 0.4) is 0 Å². The maximum Gasteiger partial charge on any atom is 0.416 e. The smallest absolute Gasteiger partial charge is 0.271 e. The van der Waals surface area contributed by atoms with E-state index in [-0.39, 0.29) is 11.8 Å². The molecule has 1 aromatic rings. The van der Waals surface area contributed by atoms with Gasteiger partial charge < -0.3 is 0 Å². The van der Waals surface area contributed by atoms with Crippen LogP contribution in [-0.4, -0.2) is 26.5 Å². The fraction of sp³-hybridized carbons (Fsp3) is 0.538. The van der Waals surface area contributed by atoms with Gasteiger partial charge in [-0.1, -0.05) is 12.1 Å². The Kier molecular flexibility index (Phi) is 6.18. The maximum atomic E-state index is 12.4. The molecule has 1 unspecified atom stereocenters. The van der Waals surface area contributed by atoms with Crippen molar-refractivity contribution in [1.29, 1.82) is 0 Å². The SMILES string of the molecule is CS(=O)(=O)CCCC(Cc1ccc(C(F)(F)F)cc1)NN. The predicted molar refractivity (Wildman–Crippen MR) is 75.2 cm³/mol. The molecule has 8 heteroatoms. The van der Waals surface area contributed by atoms with E-state index >= 15 is 0 Å². The molecule has 0 aliphatic heterocycles. The first kappa shape index (κ1) is 17.9. The number of halogens is 3. The van der Waals surface area contributed by atoms with E-state index < -0.39 is 21.6 Å². The minimum atomic E-state index is -4.35. The standard InChI is InChI=1S/C13H19F3N2O2S/c1-21(19,20)8-2-3-12(18-17)9-10-4-6-11(7-5-10)13(14,15)16/h4-7,12,18H,2-3,8-9,17H2,1H3. The van der Waals surface area contributed by atoms with Crippen LogP contribution in [0, 0.1) is 0 Å². The average molecular weight is 324 g/mol. The molecule has 0 amide bonds. The third-order valence-electron chi connectivity index (χ3n) is 3.07. The van der Waals surface area contributed by atoms with Gasteiger partial charge in [-0.25, -0.2) is 8.42 Å². The number of benzene rings is 1. The topological polar surface area (TPSA) is 72.2 Å². The van der Waals surface area contributed by atoms with Crippen molar-refractivity contribution in [2.75, 3.05) is 12.0 Å². The van der Waals surface area contributed by atoms with E-state index in [0.29, 0.717) is 24.8 Å². The Labute approximate surface area is 122 Å². The lowest BCUT2D eigenvalue weighted by molar-refractivity contribution is -0.137. The summed E-state index contributed by atoms with van der Waals surface area (Å²) in [6.45, 7) is 0. The molecule has 21 heavy (non-hydrogen) atoms. The zero-order valence-electron chi connectivity index (χ0n) is 11.7. The van der Waals surface area contributed by atoms with Crippen molar-refractivity contribution in [3.05, 3.63) is 35.4 Å². The Balaban J connectivity index is 2.57. The summed E-state index contributed by atoms with van der Waals surface area (Å²) in [5.41, 5.74) is 2.58. The quantitative estimate of drug-likeness (QED) is 0.593. The highest BCUT2D eigenvalue weighted by Gasteiger charge is 2.29. The molecule has 0 spiro atoms. The van der Waals surface area contributed by atoms with Gasteiger partial charge in [0.1, 0.15) is 9.84 Å². The Bertz CT molecular complexity index is 542. The Morgan fingerprint density at radius 2 is 1.81 bits per heavy atom. The molecule has 1 aromatic carbocycles. The molecule has 3 N–H and O–H groups in total. The van der Waals surface area contributed by atoms with Crippen LogP contribution in [-0.2, 0) is 22.4 Å². The van der Waals surface area contributed by atoms with Crippen molar-refractivity contribution >= 4 is 9.84 Å². The summed E-state index contributed by atoms with van der Waals surface area (Å²) < 4.78 is 59.4. The second-order valence-electron chi connectivity index (χ2n) is 5.03. The van der Waals surface area contributed by atoms with Crippen LogP contribution in [0.15, 0.2) is 24.3 Å². The van der Waals surface area contributed by atoms with Gasteiger partial charge in [0.25, 0.3) is 0 Å². The second-order valence-corrected chi connectivity index (χ2v) is 7.29. The zero-order valence-corrected chi connectivity index (χ0v) is 12.5. The molecule has 0 aliphatic carbocycles. The number of hydrogen-bond acceptors (Lipinski definition) is 4. The second kappa shape index (κ2) is 7.24. The number of nitrogens with one attached hydrogen (secondary N) is 1. The summed E-state index contributed by atoms with van der Waals surface area (Å²) in [6.07, 6.45) is -1.76. The summed E-state index contributed by atoms with van der Waals surface area (Å²) in [5, 5.41) is 0. The van der Waals surface area contributed by atoms with Gasteiger partial charge in [-0.3, -0.25) is 11.3 Å². The van der Waals surface area contributed by atoms with Gasteiger partial charge in [0.15, 0.2) is 0 Å². The Morgan fingerprint density at radius 1 is 1.24 bits per heavy atom. The van der Waals surface area contributed by atoms with E-state index in [1.54, 1.807) is 0 Å². The molecular formula is C13H19F3N2O2S. The molecule has 0 aliphatic rings. The summed E-state index contributed by atoms with van der Waals surface area (Å²) in [4.78, 5) is 0. The van der Waals surface area contributed by atoms with E-state index in [1.165, 1.54) is 12.1 Å². The van der Waals surface area contributed by atoms with Crippen molar-refractivity contribution in [2.24, 2.45) is 5.84 Å². The first-order valence-electron chi connectivity index (χ1n) is 6.42. The minimum absolute atomic E-state index is 0.0677. The molecule has 0 bridgehead atoms. The molecule has 0 aromatic heterocycles. The average Bonchev–Trinajstić information content (AvgIpc) is 2.35. The molecule has 0 heterocycles. The van der Waals surface area contributed by atoms with Crippen molar-refractivity contribution in [3.8, 4) is 0 Å². The number of alkyl halides is 3. The molecule has 0 saturated carbocycles. The fourth-order valence-electron chi connectivity index (χ4n) is 1.95. The lowest BCUT2D eigenvalue weighted by atomic mass is 10.0. The van der Waals surface area contributed by atoms with Gasteiger partial charge in [0, 0.05) is 18.1 Å². The molecule has 120 valence electrons. The fourth-order valence-corrected chi connectivity index (χ4v) is 2.64. The highest BCUT2D eigenvalue weighted by atomic mass is 32.2. The van der Waals surface area contributed by atoms with E-state index in [4.69, 9.17) is 5.84 Å². The first-order chi connectivity index (χ1) is 9.62. The molecule has 0 saturated heterocycles. The van der Waals surface area contributed by atoms with Crippen LogP contribution in [0.4, 0.5) is 13.2 Å². The summed E-state index contributed by atoms with van der Waals surface area (Å²) >= 11 is 0. The van der Waals surface area contributed by atoms with Gasteiger partial charge in [-0.05, 0) is 37.0 Å². The monoisotopic (exact) mass is 324 g/mol. The van der Waals surface area contributed by atoms with E-state index in [9.17, 15) is 21.6 Å². The van der Waals surface area contributed by atoms with Crippen LogP contribution < -0.4 is 11.3 Å². The van der Waals surface area contributed by atoms with Gasteiger partial charge in [-0.2, -0.15) is 13.2 Å². The predicted octanol–water partition coefficient (Wildman–Crippen LogP) is 1.90. The molecule has 0 fully saturated rings. The van der Waals surface area contributed by atoms with Gasteiger partial charge in [-0.15, -0.1) is 0 Å². The van der Waals surface area contributed by atoms with Crippen molar-refractivity contribution < 1.29 is 21.6 Å². The van der Waals surface area contributed by atoms with Crippen LogP contribution in [0.2, 0.25) is 0 Å². The van der Waals surface area contributed by atoms with Crippen LogP contribution in [0.25, 0.3) is 0 Å². The molecule has 0 radical (unpaired) electrons. The summed E-state index contributed by atoms with van der Waals surface area (Å²) in [6, 6.07) is 4.69. The number of nitrogens with two attached hydrogens (primary N) is 1. The van der Waals surface area contributed by atoms with Gasteiger partial charge in [0.2, 0.25) is 0 Å². The Hall–Kier alpha value is -1.12. The molecule has 4 nitrogen and oxygen atoms in total. The third-order valence-corrected chi connectivity index (χ3v) is 4.10. The largest absolute Gasteiger partial charge is 0.416 e. The highest BCUT2D eigenvalue weighted by molar-refractivity contribution is 7.90. The minimum Gasteiger partial charge on any atom is -0.271 e. The van der Waals surface area contributed by atoms with Crippen LogP contribution in [0.5, 0.6) is 0 Å². The molecule has 1 atom stereocenters. The van der Waals surface area contributed by atoms with E-state index in [0.717, 1.165) is 18.4 Å². The van der Waals surface area contributed by atoms with Crippen LogP contribution in [0.1, 0.15) is 24.0 Å². The van der Waals surface area contributed by atoms with E-state index in [1.807, 2.05) is 0 Å². The summed E-state index contributed by atoms with van der Waals surface area (Å²) in [5.74, 6) is 5.46. The number of hydrazine groups is 1. The lowest BCUT2D eigenvalue weighted by Crippen LogP contribution is -2.37. The van der Waals surface area contributed by atoms with Crippen molar-refractivity contribution in [3.63, 3.8) is 0 Å². The van der Waals surface area contributed by atoms with E-state index in [2.05, 4.69) is 5.43 Å². The zero-order chi connectivity index (χ0) is 16.1. The van der Waals surface area contributed by atoms with Crippen LogP contribution >= 0.6 is 0 Å². The highest BCUT2D eigenvalue weighted by Crippen LogP contribution is 2.29. The van der Waals surface area contributed by atoms with Crippen molar-refractivity contribution in [1.82, 2.24) is 5.43 Å². The van der Waals surface area contributed by atoms with Gasteiger partial charge in [0.05, 0.1) is 5.56 Å². The summed E-state index contributed by atoms with van der Waals surface area (Å²) in [7, 11) is -3.02. The number of sulfone groups is 1. The lowest BCUT2D eigenvalue weighted by Gasteiger charge is -2.16. The normalized spacial score (nSPS) is 14.1. The number of hydrogen-bond donors (Lipinski definition) is 2. The Morgan fingerprint density at radius 3 is 2.24 bits per heavy atom. The third kappa shape index (κ3) is 6.92. The molecule has 1 rings (SSSR count). The molecular weight excluding hydrogens is 305 g/mol. The maximum absolute atomic E-state index is 12.4. The first-order valence-corrected chi connectivity index (χ1v) is 8.48. The van der Waals surface area contributed by atoms with Gasteiger partial charge >= 0.3 is 6.18 Å². The number of rotatable bonds is 7. The van der Waals surface area contributed by atoms with Crippen molar-refractivity contribution in [2.45, 2.75) is 31.5 Å².